The molecular weight excluding hydrogens is 184 g/mol. The van der Waals surface area contributed by atoms with Crippen LogP contribution in [0.25, 0.3) is 0 Å². The van der Waals surface area contributed by atoms with Gasteiger partial charge in [0.2, 0.25) is 0 Å². The van der Waals surface area contributed by atoms with E-state index in [1.54, 1.807) is 7.11 Å². The minimum atomic E-state index is -0.606. The van der Waals surface area contributed by atoms with E-state index in [9.17, 15) is 0 Å². The van der Waals surface area contributed by atoms with Gasteiger partial charge in [0.05, 0.1) is 0 Å². The van der Waals surface area contributed by atoms with Gasteiger partial charge in [0.25, 0.3) is 0 Å². The maximum absolute atomic E-state index is 5.64. The number of terminal acetylenes is 1. The van der Waals surface area contributed by atoms with Gasteiger partial charge in [-0.1, -0.05) is 5.92 Å². The number of hydrogen-bond donors (Lipinski definition) is 0. The minimum absolute atomic E-state index is 0.222. The molecule has 4 nitrogen and oxygen atoms in total. The lowest BCUT2D eigenvalue weighted by Gasteiger charge is -2.21. The molecule has 2 heterocycles. The highest BCUT2D eigenvalue weighted by molar-refractivity contribution is 5.08. The molecule has 2 saturated heterocycles. The molecule has 0 aliphatic carbocycles. The lowest BCUT2D eigenvalue weighted by atomic mass is 10.1. The molecule has 0 aromatic heterocycles. The van der Waals surface area contributed by atoms with E-state index in [4.69, 9.17) is 25.4 Å². The van der Waals surface area contributed by atoms with Crippen molar-refractivity contribution in [2.75, 3.05) is 7.11 Å². The van der Waals surface area contributed by atoms with Gasteiger partial charge in [-0.05, 0) is 13.8 Å². The van der Waals surface area contributed by atoms with Gasteiger partial charge in [-0.25, -0.2) is 0 Å². The quantitative estimate of drug-likeness (QED) is 0.575. The van der Waals surface area contributed by atoms with Crippen molar-refractivity contribution in [3.63, 3.8) is 0 Å². The highest BCUT2D eigenvalue weighted by Gasteiger charge is 2.55. The van der Waals surface area contributed by atoms with Crippen molar-refractivity contribution >= 4 is 0 Å². The smallest absolute Gasteiger partial charge is 0.187 e. The highest BCUT2D eigenvalue weighted by atomic mass is 16.8. The second-order valence-electron chi connectivity index (χ2n) is 3.89. The zero-order valence-corrected chi connectivity index (χ0v) is 8.52. The summed E-state index contributed by atoms with van der Waals surface area (Å²) in [5.41, 5.74) is 0. The number of methoxy groups -OCH3 is 1. The number of hydrogen-bond acceptors (Lipinski definition) is 4. The topological polar surface area (TPSA) is 36.9 Å². The second-order valence-corrected chi connectivity index (χ2v) is 3.89. The van der Waals surface area contributed by atoms with Crippen molar-refractivity contribution in [2.45, 2.75) is 44.2 Å². The third kappa shape index (κ3) is 1.43. The maximum Gasteiger partial charge on any atom is 0.187 e. The van der Waals surface area contributed by atoms with E-state index >= 15 is 0 Å². The fraction of sp³-hybridized carbons (Fsp3) is 0.800. The molecule has 0 N–H and O–H groups in total. The van der Waals surface area contributed by atoms with Gasteiger partial charge in [-0.15, -0.1) is 6.42 Å². The number of fused-ring (bicyclic) bond motifs is 1. The Morgan fingerprint density at radius 3 is 2.50 bits per heavy atom. The molecule has 4 heteroatoms. The number of rotatable bonds is 1. The maximum atomic E-state index is 5.64. The van der Waals surface area contributed by atoms with E-state index in [1.807, 2.05) is 13.8 Å². The van der Waals surface area contributed by atoms with E-state index in [-0.39, 0.29) is 18.3 Å². The monoisotopic (exact) mass is 198 g/mol. The summed E-state index contributed by atoms with van der Waals surface area (Å²) in [7, 11) is 1.56. The van der Waals surface area contributed by atoms with E-state index in [0.717, 1.165) is 0 Å². The van der Waals surface area contributed by atoms with Crippen LogP contribution in [0.1, 0.15) is 13.8 Å². The lowest BCUT2D eigenvalue weighted by Crippen LogP contribution is -2.30. The van der Waals surface area contributed by atoms with Crippen molar-refractivity contribution < 1.29 is 18.9 Å². The first-order chi connectivity index (χ1) is 6.57. The molecule has 0 spiro atoms. The van der Waals surface area contributed by atoms with Crippen molar-refractivity contribution in [3.05, 3.63) is 0 Å². The van der Waals surface area contributed by atoms with E-state index in [2.05, 4.69) is 5.92 Å². The first-order valence-corrected chi connectivity index (χ1v) is 4.57. The largest absolute Gasteiger partial charge is 0.353 e. The van der Waals surface area contributed by atoms with Gasteiger partial charge in [-0.3, -0.25) is 0 Å². The Morgan fingerprint density at radius 1 is 1.29 bits per heavy atom. The molecule has 2 rings (SSSR count). The summed E-state index contributed by atoms with van der Waals surface area (Å²) in [4.78, 5) is 0. The predicted molar refractivity (Wildman–Crippen MR) is 48.3 cm³/mol. The molecule has 2 aliphatic heterocycles. The van der Waals surface area contributed by atoms with Crippen molar-refractivity contribution in [1.82, 2.24) is 0 Å². The summed E-state index contributed by atoms with van der Waals surface area (Å²) < 4.78 is 21.8. The SMILES string of the molecule is C#C[C@H]1O[C@H](OC)[C@H]2OC(C)(C)O[C@H]21. The summed E-state index contributed by atoms with van der Waals surface area (Å²) in [6.45, 7) is 3.71. The molecular formula is C10H14O4. The molecule has 0 unspecified atom stereocenters. The third-order valence-corrected chi connectivity index (χ3v) is 2.41. The molecule has 0 amide bonds. The van der Waals surface area contributed by atoms with Gasteiger partial charge in [0, 0.05) is 7.11 Å². The van der Waals surface area contributed by atoms with Crippen LogP contribution in [0.4, 0.5) is 0 Å². The zero-order valence-electron chi connectivity index (χ0n) is 8.52. The summed E-state index contributed by atoms with van der Waals surface area (Å²) in [6.07, 6.45) is 4.07. The third-order valence-electron chi connectivity index (χ3n) is 2.41. The zero-order chi connectivity index (χ0) is 10.3. The van der Waals surface area contributed by atoms with E-state index < -0.39 is 12.1 Å². The normalized spacial score (nSPS) is 44.7. The van der Waals surface area contributed by atoms with Gasteiger partial charge in [0.1, 0.15) is 18.3 Å². The Labute approximate surface area is 83.5 Å². The summed E-state index contributed by atoms with van der Waals surface area (Å²) >= 11 is 0. The Kier molecular flexibility index (Phi) is 2.28. The van der Waals surface area contributed by atoms with Crippen molar-refractivity contribution in [3.8, 4) is 12.3 Å². The minimum Gasteiger partial charge on any atom is -0.353 e. The Hall–Kier alpha value is -0.600. The summed E-state index contributed by atoms with van der Waals surface area (Å²) in [6, 6.07) is 0. The standard InChI is InChI=1S/C10H14O4/c1-5-6-7-8(9(11-4)12-6)14-10(2,3)13-7/h1,6-9H,2-4H3/t6-,7+,8+,9+/m1/s1. The summed E-state index contributed by atoms with van der Waals surface area (Å²) in [5.74, 6) is 1.92. The molecule has 4 atom stereocenters. The molecule has 0 radical (unpaired) electrons. The average molecular weight is 198 g/mol. The van der Waals surface area contributed by atoms with Crippen LogP contribution in [0.15, 0.2) is 0 Å². The molecule has 2 aliphatic rings. The van der Waals surface area contributed by atoms with Gasteiger partial charge in [0.15, 0.2) is 12.1 Å². The van der Waals surface area contributed by atoms with Crippen LogP contribution in [-0.2, 0) is 18.9 Å². The van der Waals surface area contributed by atoms with Crippen LogP contribution in [-0.4, -0.2) is 37.5 Å². The van der Waals surface area contributed by atoms with Crippen LogP contribution in [0.5, 0.6) is 0 Å². The molecule has 0 aromatic rings. The first-order valence-electron chi connectivity index (χ1n) is 4.57. The van der Waals surface area contributed by atoms with Gasteiger partial charge < -0.3 is 18.9 Å². The molecule has 2 fully saturated rings. The Morgan fingerprint density at radius 2 is 1.93 bits per heavy atom. The van der Waals surface area contributed by atoms with Crippen LogP contribution >= 0.6 is 0 Å². The number of ether oxygens (including phenoxy) is 4. The van der Waals surface area contributed by atoms with E-state index in [1.165, 1.54) is 0 Å². The van der Waals surface area contributed by atoms with Crippen molar-refractivity contribution in [2.24, 2.45) is 0 Å². The Bertz CT molecular complexity index is 268. The van der Waals surface area contributed by atoms with Gasteiger partial charge >= 0.3 is 0 Å². The summed E-state index contributed by atoms with van der Waals surface area (Å²) in [5, 5.41) is 0. The highest BCUT2D eigenvalue weighted by Crippen LogP contribution is 2.38. The molecule has 0 saturated carbocycles. The van der Waals surface area contributed by atoms with E-state index in [0.29, 0.717) is 0 Å². The van der Waals surface area contributed by atoms with Crippen LogP contribution in [0, 0.1) is 12.3 Å². The van der Waals surface area contributed by atoms with Gasteiger partial charge in [-0.2, -0.15) is 0 Å². The predicted octanol–water partition coefficient (Wildman–Crippen LogP) is 0.511. The molecule has 0 bridgehead atoms. The fourth-order valence-electron chi connectivity index (χ4n) is 1.89. The lowest BCUT2D eigenvalue weighted by molar-refractivity contribution is -0.220. The molecule has 78 valence electrons. The Balaban J connectivity index is 2.17. The molecule has 0 aromatic carbocycles. The fourth-order valence-corrected chi connectivity index (χ4v) is 1.89. The van der Waals surface area contributed by atoms with Crippen LogP contribution < -0.4 is 0 Å². The van der Waals surface area contributed by atoms with Crippen LogP contribution in [0.2, 0.25) is 0 Å². The molecule has 14 heavy (non-hydrogen) atoms. The average Bonchev–Trinajstić information content (AvgIpc) is 2.57. The first kappa shape index (κ1) is 9.94. The second kappa shape index (κ2) is 3.21. The van der Waals surface area contributed by atoms with Crippen LogP contribution in [0.3, 0.4) is 0 Å². The van der Waals surface area contributed by atoms with Crippen molar-refractivity contribution in [1.29, 1.82) is 0 Å².